The average Bonchev–Trinajstić information content (AvgIpc) is 2.58. The fraction of sp³-hybridized carbons (Fsp3) is 0.529. The normalized spacial score (nSPS) is 10.0. The Hall–Kier alpha value is -2.24. The maximum Gasteiger partial charge on any atom is 0.269 e. The second-order valence-corrected chi connectivity index (χ2v) is 5.17. The summed E-state index contributed by atoms with van der Waals surface area (Å²) in [5, 5.41) is 0. The van der Waals surface area contributed by atoms with Crippen molar-refractivity contribution in [2.75, 3.05) is 13.7 Å². The zero-order chi connectivity index (χ0) is 17.1. The first-order chi connectivity index (χ1) is 11.1. The van der Waals surface area contributed by atoms with Crippen LogP contribution in [-0.2, 0) is 4.79 Å². The summed E-state index contributed by atoms with van der Waals surface area (Å²) < 4.78 is 10.9. The molecule has 0 aliphatic rings. The van der Waals surface area contributed by atoms with Crippen molar-refractivity contribution in [1.29, 1.82) is 0 Å². The van der Waals surface area contributed by atoms with Crippen molar-refractivity contribution in [2.24, 2.45) is 0 Å². The Morgan fingerprint density at radius 1 is 1.04 bits per heavy atom. The van der Waals surface area contributed by atoms with Crippen molar-refractivity contribution < 1.29 is 19.1 Å². The third kappa shape index (κ3) is 6.59. The maximum absolute atomic E-state index is 12.0. The van der Waals surface area contributed by atoms with Gasteiger partial charge in [0.1, 0.15) is 0 Å². The van der Waals surface area contributed by atoms with Crippen molar-refractivity contribution in [2.45, 2.75) is 46.0 Å². The molecular weight excluding hydrogens is 296 g/mol. The standard InChI is InChI=1S/C17H26N2O4/c1-4-6-8-16(20)18-19-17(21)13-9-10-14(15(12-13)22-3)23-11-7-5-2/h9-10,12H,4-8,11H2,1-3H3,(H,18,20)(H,19,21). The second-order valence-electron chi connectivity index (χ2n) is 5.17. The molecule has 0 saturated heterocycles. The van der Waals surface area contributed by atoms with Crippen LogP contribution < -0.4 is 20.3 Å². The first-order valence-corrected chi connectivity index (χ1v) is 8.02. The van der Waals surface area contributed by atoms with E-state index in [1.807, 2.05) is 6.92 Å². The van der Waals surface area contributed by atoms with Crippen LogP contribution in [0.2, 0.25) is 0 Å². The van der Waals surface area contributed by atoms with Crippen LogP contribution >= 0.6 is 0 Å². The van der Waals surface area contributed by atoms with E-state index in [1.165, 1.54) is 7.11 Å². The molecule has 0 aromatic heterocycles. The molecule has 1 aromatic rings. The summed E-state index contributed by atoms with van der Waals surface area (Å²) in [6.07, 6.45) is 4.11. The first-order valence-electron chi connectivity index (χ1n) is 8.02. The van der Waals surface area contributed by atoms with Crippen molar-refractivity contribution in [3.8, 4) is 11.5 Å². The van der Waals surface area contributed by atoms with E-state index in [0.29, 0.717) is 30.1 Å². The van der Waals surface area contributed by atoms with Gasteiger partial charge in [-0.15, -0.1) is 0 Å². The van der Waals surface area contributed by atoms with Gasteiger partial charge in [-0.05, 0) is 31.0 Å². The Bertz CT molecular complexity index is 517. The van der Waals surface area contributed by atoms with Crippen molar-refractivity contribution in [1.82, 2.24) is 10.9 Å². The summed E-state index contributed by atoms with van der Waals surface area (Å²) in [5.41, 5.74) is 5.18. The predicted molar refractivity (Wildman–Crippen MR) is 88.5 cm³/mol. The van der Waals surface area contributed by atoms with E-state index < -0.39 is 5.91 Å². The topological polar surface area (TPSA) is 76.7 Å². The molecule has 0 spiro atoms. The van der Waals surface area contributed by atoms with Crippen LogP contribution in [0.25, 0.3) is 0 Å². The SMILES string of the molecule is CCCCOc1ccc(C(=O)NNC(=O)CCCC)cc1OC. The van der Waals surface area contributed by atoms with Crippen molar-refractivity contribution in [3.05, 3.63) is 23.8 Å². The molecule has 23 heavy (non-hydrogen) atoms. The van der Waals surface area contributed by atoms with E-state index >= 15 is 0 Å². The fourth-order valence-electron chi connectivity index (χ4n) is 1.85. The van der Waals surface area contributed by atoms with Crippen LogP contribution in [0.5, 0.6) is 11.5 Å². The average molecular weight is 322 g/mol. The van der Waals surface area contributed by atoms with Gasteiger partial charge in [0.15, 0.2) is 11.5 Å². The lowest BCUT2D eigenvalue weighted by Gasteiger charge is -2.12. The zero-order valence-electron chi connectivity index (χ0n) is 14.1. The number of rotatable bonds is 9. The molecule has 1 rings (SSSR count). The number of hydrazine groups is 1. The molecule has 0 aliphatic carbocycles. The monoisotopic (exact) mass is 322 g/mol. The number of hydrogen-bond donors (Lipinski definition) is 2. The van der Waals surface area contributed by atoms with Gasteiger partial charge in [0.05, 0.1) is 13.7 Å². The lowest BCUT2D eigenvalue weighted by atomic mass is 10.2. The number of unbranched alkanes of at least 4 members (excludes halogenated alkanes) is 2. The number of benzene rings is 1. The molecule has 0 heterocycles. The third-order valence-electron chi connectivity index (χ3n) is 3.25. The number of ether oxygens (including phenoxy) is 2. The van der Waals surface area contributed by atoms with Gasteiger partial charge in [0.2, 0.25) is 5.91 Å². The van der Waals surface area contributed by atoms with Gasteiger partial charge < -0.3 is 9.47 Å². The Labute approximate surface area is 137 Å². The van der Waals surface area contributed by atoms with Gasteiger partial charge in [-0.3, -0.25) is 20.4 Å². The van der Waals surface area contributed by atoms with Crippen molar-refractivity contribution >= 4 is 11.8 Å². The lowest BCUT2D eigenvalue weighted by molar-refractivity contribution is -0.121. The summed E-state index contributed by atoms with van der Waals surface area (Å²) in [6, 6.07) is 4.93. The Morgan fingerprint density at radius 2 is 1.78 bits per heavy atom. The number of hydrogen-bond acceptors (Lipinski definition) is 4. The molecule has 2 amide bonds. The highest BCUT2D eigenvalue weighted by molar-refractivity contribution is 5.96. The quantitative estimate of drug-likeness (QED) is 0.541. The van der Waals surface area contributed by atoms with Crippen LogP contribution in [0.1, 0.15) is 56.3 Å². The van der Waals surface area contributed by atoms with Crippen LogP contribution in [-0.4, -0.2) is 25.5 Å². The molecule has 2 N–H and O–H groups in total. The molecule has 0 radical (unpaired) electrons. The summed E-state index contributed by atoms with van der Waals surface area (Å²) in [6.45, 7) is 4.69. The largest absolute Gasteiger partial charge is 0.493 e. The van der Waals surface area contributed by atoms with Crippen LogP contribution in [0.4, 0.5) is 0 Å². The Kier molecular flexibility index (Phi) is 8.57. The number of carbonyl (C=O) groups is 2. The van der Waals surface area contributed by atoms with Gasteiger partial charge in [-0.1, -0.05) is 26.7 Å². The molecule has 6 nitrogen and oxygen atoms in total. The summed E-state index contributed by atoms with van der Waals surface area (Å²) in [7, 11) is 1.52. The molecule has 128 valence electrons. The first kappa shape index (κ1) is 18.8. The van der Waals surface area contributed by atoms with E-state index in [1.54, 1.807) is 18.2 Å². The van der Waals surface area contributed by atoms with Crippen LogP contribution in [0.15, 0.2) is 18.2 Å². The highest BCUT2D eigenvalue weighted by Gasteiger charge is 2.12. The molecule has 0 bridgehead atoms. The minimum absolute atomic E-state index is 0.202. The molecule has 0 atom stereocenters. The van der Waals surface area contributed by atoms with Crippen LogP contribution in [0.3, 0.4) is 0 Å². The smallest absolute Gasteiger partial charge is 0.269 e. The minimum atomic E-state index is -0.395. The van der Waals surface area contributed by atoms with E-state index in [2.05, 4.69) is 17.8 Å². The lowest BCUT2D eigenvalue weighted by Crippen LogP contribution is -2.41. The van der Waals surface area contributed by atoms with Crippen molar-refractivity contribution in [3.63, 3.8) is 0 Å². The van der Waals surface area contributed by atoms with E-state index in [9.17, 15) is 9.59 Å². The van der Waals surface area contributed by atoms with E-state index in [-0.39, 0.29) is 5.91 Å². The van der Waals surface area contributed by atoms with E-state index in [4.69, 9.17) is 9.47 Å². The number of nitrogens with one attached hydrogen (secondary N) is 2. The molecule has 0 aliphatic heterocycles. The fourth-order valence-corrected chi connectivity index (χ4v) is 1.85. The summed E-state index contributed by atoms with van der Waals surface area (Å²) in [5.74, 6) is 0.496. The molecule has 0 fully saturated rings. The summed E-state index contributed by atoms with van der Waals surface area (Å²) in [4.78, 5) is 23.5. The maximum atomic E-state index is 12.0. The van der Waals surface area contributed by atoms with Gasteiger partial charge in [-0.2, -0.15) is 0 Å². The Morgan fingerprint density at radius 3 is 2.43 bits per heavy atom. The highest BCUT2D eigenvalue weighted by atomic mass is 16.5. The highest BCUT2D eigenvalue weighted by Crippen LogP contribution is 2.28. The second kappa shape index (κ2) is 10.5. The molecule has 0 saturated carbocycles. The number of carbonyl (C=O) groups excluding carboxylic acids is 2. The van der Waals surface area contributed by atoms with Gasteiger partial charge >= 0.3 is 0 Å². The molecule has 6 heteroatoms. The van der Waals surface area contributed by atoms with Crippen LogP contribution in [0, 0.1) is 0 Å². The molecular formula is C17H26N2O4. The van der Waals surface area contributed by atoms with E-state index in [0.717, 1.165) is 25.7 Å². The molecule has 1 aromatic carbocycles. The summed E-state index contributed by atoms with van der Waals surface area (Å²) >= 11 is 0. The predicted octanol–water partition coefficient (Wildman–Crippen LogP) is 2.83. The van der Waals surface area contributed by atoms with Gasteiger partial charge in [-0.25, -0.2) is 0 Å². The number of amides is 2. The number of methoxy groups -OCH3 is 1. The minimum Gasteiger partial charge on any atom is -0.493 e. The van der Waals surface area contributed by atoms with Gasteiger partial charge in [0.25, 0.3) is 5.91 Å². The zero-order valence-corrected chi connectivity index (χ0v) is 14.1. The molecule has 0 unspecified atom stereocenters. The third-order valence-corrected chi connectivity index (χ3v) is 3.25. The van der Waals surface area contributed by atoms with Gasteiger partial charge in [0, 0.05) is 12.0 Å². The Balaban J connectivity index is 2.61.